The highest BCUT2D eigenvalue weighted by Crippen LogP contribution is 2.28. The van der Waals surface area contributed by atoms with Crippen LogP contribution in [0.4, 0.5) is 0 Å². The molecule has 2 aromatic heterocycles. The van der Waals surface area contributed by atoms with Gasteiger partial charge in [0.1, 0.15) is 5.75 Å². The van der Waals surface area contributed by atoms with E-state index in [4.69, 9.17) is 14.5 Å². The molecule has 0 spiro atoms. The lowest BCUT2D eigenvalue weighted by atomic mass is 10.1. The van der Waals surface area contributed by atoms with Gasteiger partial charge in [0.15, 0.2) is 11.3 Å². The zero-order chi connectivity index (χ0) is 18.8. The van der Waals surface area contributed by atoms with E-state index in [-0.39, 0.29) is 0 Å². The molecule has 4 aromatic rings. The Kier molecular flexibility index (Phi) is 4.30. The predicted molar refractivity (Wildman–Crippen MR) is 102 cm³/mol. The Bertz CT molecular complexity index is 1120. The number of hydrogen-bond donors (Lipinski definition) is 0. The summed E-state index contributed by atoms with van der Waals surface area (Å²) in [6.45, 7) is 0. The van der Waals surface area contributed by atoms with E-state index in [0.717, 1.165) is 16.7 Å². The Balaban J connectivity index is 1.98. The summed E-state index contributed by atoms with van der Waals surface area (Å²) >= 11 is 0. The maximum atomic E-state index is 12.3. The van der Waals surface area contributed by atoms with Crippen LogP contribution in [-0.2, 0) is 4.74 Å². The van der Waals surface area contributed by atoms with Gasteiger partial charge in [0.25, 0.3) is 0 Å². The van der Waals surface area contributed by atoms with Crippen LogP contribution < -0.4 is 4.74 Å². The molecule has 2 aromatic carbocycles. The topological polar surface area (TPSA) is 65.7 Å². The van der Waals surface area contributed by atoms with Crippen molar-refractivity contribution in [2.75, 3.05) is 14.2 Å². The monoisotopic (exact) mass is 359 g/mol. The molecule has 6 nitrogen and oxygen atoms in total. The fourth-order valence-electron chi connectivity index (χ4n) is 2.96. The van der Waals surface area contributed by atoms with Crippen molar-refractivity contribution in [1.29, 1.82) is 0 Å². The van der Waals surface area contributed by atoms with Crippen molar-refractivity contribution in [3.8, 4) is 28.1 Å². The van der Waals surface area contributed by atoms with Gasteiger partial charge >= 0.3 is 5.97 Å². The van der Waals surface area contributed by atoms with Gasteiger partial charge in [-0.15, -0.1) is 0 Å². The third-order valence-electron chi connectivity index (χ3n) is 4.32. The second kappa shape index (κ2) is 6.92. The Morgan fingerprint density at radius 3 is 2.48 bits per heavy atom. The normalized spacial score (nSPS) is 10.7. The largest absolute Gasteiger partial charge is 0.497 e. The fourth-order valence-corrected chi connectivity index (χ4v) is 2.96. The van der Waals surface area contributed by atoms with E-state index in [0.29, 0.717) is 22.8 Å². The van der Waals surface area contributed by atoms with Crippen molar-refractivity contribution < 1.29 is 14.3 Å². The minimum absolute atomic E-state index is 0.308. The predicted octanol–water partition coefficient (Wildman–Crippen LogP) is 3.86. The van der Waals surface area contributed by atoms with Crippen LogP contribution in [0.15, 0.2) is 66.9 Å². The molecule has 0 saturated carbocycles. The number of methoxy groups -OCH3 is 2. The number of aromatic nitrogens is 3. The molecule has 0 atom stereocenters. The highest BCUT2D eigenvalue weighted by molar-refractivity contribution is 5.91. The number of rotatable bonds is 4. The lowest BCUT2D eigenvalue weighted by Gasteiger charge is -2.09. The first-order valence-corrected chi connectivity index (χ1v) is 8.38. The molecule has 0 aliphatic rings. The highest BCUT2D eigenvalue weighted by Gasteiger charge is 2.18. The number of ether oxygens (including phenoxy) is 2. The molecular weight excluding hydrogens is 342 g/mol. The van der Waals surface area contributed by atoms with Crippen LogP contribution in [0.1, 0.15) is 10.5 Å². The molecule has 4 rings (SSSR count). The molecule has 6 heteroatoms. The molecule has 0 saturated heterocycles. The van der Waals surface area contributed by atoms with Crippen molar-refractivity contribution in [2.24, 2.45) is 0 Å². The number of carbonyl (C=O) groups excluding carboxylic acids is 1. The number of esters is 1. The third-order valence-corrected chi connectivity index (χ3v) is 4.32. The average molecular weight is 359 g/mol. The number of hydrogen-bond acceptors (Lipinski definition) is 5. The number of carbonyl (C=O) groups is 1. The molecular formula is C21H17N3O3. The lowest BCUT2D eigenvalue weighted by molar-refractivity contribution is 0.0590. The minimum Gasteiger partial charge on any atom is -0.497 e. The summed E-state index contributed by atoms with van der Waals surface area (Å²) in [6.07, 6.45) is 1.71. The molecule has 134 valence electrons. The van der Waals surface area contributed by atoms with Crippen molar-refractivity contribution >= 4 is 11.6 Å². The van der Waals surface area contributed by atoms with Gasteiger partial charge in [-0.1, -0.05) is 42.5 Å². The highest BCUT2D eigenvalue weighted by atomic mass is 16.5. The molecule has 0 aliphatic carbocycles. The van der Waals surface area contributed by atoms with Crippen LogP contribution in [0.3, 0.4) is 0 Å². The van der Waals surface area contributed by atoms with Gasteiger partial charge in [0, 0.05) is 11.1 Å². The molecule has 2 heterocycles. The van der Waals surface area contributed by atoms with Crippen LogP contribution in [0.2, 0.25) is 0 Å². The molecule has 0 unspecified atom stereocenters. The number of nitrogens with zero attached hydrogens (tertiary/aromatic N) is 3. The molecule has 0 amide bonds. The molecule has 0 fully saturated rings. The van der Waals surface area contributed by atoms with E-state index in [9.17, 15) is 4.79 Å². The Morgan fingerprint density at radius 1 is 0.963 bits per heavy atom. The zero-order valence-corrected chi connectivity index (χ0v) is 14.9. The van der Waals surface area contributed by atoms with Crippen molar-refractivity contribution in [1.82, 2.24) is 14.6 Å². The third kappa shape index (κ3) is 3.01. The van der Waals surface area contributed by atoms with Gasteiger partial charge in [-0.3, -0.25) is 0 Å². The molecule has 0 radical (unpaired) electrons. The van der Waals surface area contributed by atoms with Gasteiger partial charge in [-0.25, -0.2) is 14.3 Å². The van der Waals surface area contributed by atoms with Crippen LogP contribution >= 0.6 is 0 Å². The van der Waals surface area contributed by atoms with E-state index < -0.39 is 5.97 Å². The first-order valence-electron chi connectivity index (χ1n) is 8.38. The van der Waals surface area contributed by atoms with Gasteiger partial charge in [0.05, 0.1) is 26.1 Å². The van der Waals surface area contributed by atoms with Crippen molar-refractivity contribution in [3.05, 3.63) is 72.6 Å². The van der Waals surface area contributed by atoms with Gasteiger partial charge in [-0.05, 0) is 23.8 Å². The van der Waals surface area contributed by atoms with E-state index in [2.05, 4.69) is 5.10 Å². The first kappa shape index (κ1) is 16.8. The Morgan fingerprint density at radius 2 is 1.74 bits per heavy atom. The maximum Gasteiger partial charge on any atom is 0.356 e. The molecule has 0 aliphatic heterocycles. The SMILES string of the molecule is COC(=O)c1cc(-c2cccc(OC)c2)nc2c(-c3ccccc3)cnn12. The smallest absolute Gasteiger partial charge is 0.356 e. The van der Waals surface area contributed by atoms with Gasteiger partial charge < -0.3 is 9.47 Å². The summed E-state index contributed by atoms with van der Waals surface area (Å²) in [6, 6.07) is 19.0. The molecule has 27 heavy (non-hydrogen) atoms. The minimum atomic E-state index is -0.478. The quantitative estimate of drug-likeness (QED) is 0.518. The van der Waals surface area contributed by atoms with E-state index >= 15 is 0 Å². The second-order valence-electron chi connectivity index (χ2n) is 5.91. The Labute approximate surface area is 156 Å². The molecule has 0 N–H and O–H groups in total. The fraction of sp³-hybridized carbons (Fsp3) is 0.0952. The standard InChI is InChI=1S/C21H17N3O3/c1-26-16-10-6-9-15(11-16)18-12-19(21(25)27-2)24-20(23-18)17(13-22-24)14-7-4-3-5-8-14/h3-13H,1-2H3. The summed E-state index contributed by atoms with van der Waals surface area (Å²) in [7, 11) is 2.96. The Hall–Kier alpha value is -3.67. The summed E-state index contributed by atoms with van der Waals surface area (Å²) in [4.78, 5) is 17.1. The first-order chi connectivity index (χ1) is 13.2. The summed E-state index contributed by atoms with van der Waals surface area (Å²) in [5.74, 6) is 0.236. The second-order valence-corrected chi connectivity index (χ2v) is 5.91. The van der Waals surface area contributed by atoms with E-state index in [1.807, 2.05) is 54.6 Å². The summed E-state index contributed by atoms with van der Waals surface area (Å²) in [5, 5.41) is 4.36. The van der Waals surface area contributed by atoms with Crippen LogP contribution in [0.25, 0.3) is 28.0 Å². The summed E-state index contributed by atoms with van der Waals surface area (Å²) in [5.41, 5.74) is 4.18. The summed E-state index contributed by atoms with van der Waals surface area (Å²) < 4.78 is 11.8. The van der Waals surface area contributed by atoms with Crippen LogP contribution in [0.5, 0.6) is 5.75 Å². The van der Waals surface area contributed by atoms with E-state index in [1.54, 1.807) is 19.4 Å². The van der Waals surface area contributed by atoms with Crippen molar-refractivity contribution in [2.45, 2.75) is 0 Å². The maximum absolute atomic E-state index is 12.3. The van der Waals surface area contributed by atoms with E-state index in [1.165, 1.54) is 11.6 Å². The zero-order valence-electron chi connectivity index (χ0n) is 14.9. The lowest BCUT2D eigenvalue weighted by Crippen LogP contribution is -2.10. The average Bonchev–Trinajstić information content (AvgIpc) is 3.17. The number of benzene rings is 2. The van der Waals surface area contributed by atoms with Gasteiger partial charge in [0.2, 0.25) is 0 Å². The van der Waals surface area contributed by atoms with Crippen LogP contribution in [0, 0.1) is 0 Å². The number of fused-ring (bicyclic) bond motifs is 1. The van der Waals surface area contributed by atoms with Gasteiger partial charge in [-0.2, -0.15) is 5.10 Å². The molecule has 0 bridgehead atoms. The van der Waals surface area contributed by atoms with Crippen LogP contribution in [-0.4, -0.2) is 34.8 Å². The van der Waals surface area contributed by atoms with Crippen molar-refractivity contribution in [3.63, 3.8) is 0 Å².